The Morgan fingerprint density at radius 2 is 2.00 bits per heavy atom. The molecule has 1 aromatic carbocycles. The van der Waals surface area contributed by atoms with Crippen LogP contribution in [0.5, 0.6) is 5.75 Å². The van der Waals surface area contributed by atoms with Gasteiger partial charge in [0, 0.05) is 12.0 Å². The first-order valence-corrected chi connectivity index (χ1v) is 3.58. The van der Waals surface area contributed by atoms with Gasteiger partial charge < -0.3 is 5.11 Å². The van der Waals surface area contributed by atoms with E-state index in [1.54, 1.807) is 0 Å². The zero-order valence-electron chi connectivity index (χ0n) is 6.20. The number of carbonyl (C=O) groups is 2. The summed E-state index contributed by atoms with van der Waals surface area (Å²) in [6, 6.07) is 4.35. The average molecular weight is 162 g/mol. The zero-order chi connectivity index (χ0) is 8.72. The quantitative estimate of drug-likeness (QED) is 0.571. The number of benzene rings is 1. The predicted octanol–water partition coefficient (Wildman–Crippen LogP) is 0.700. The maximum absolute atomic E-state index is 11.1. The number of phenolic OH excluding ortho intramolecular Hbond substituents is 1. The number of Topliss-reactive ketones (excluding diaryl/α,β-unsaturated/α-hetero) is 2. The molecule has 12 heavy (non-hydrogen) atoms. The lowest BCUT2D eigenvalue weighted by Crippen LogP contribution is -2.05. The van der Waals surface area contributed by atoms with Gasteiger partial charge in [0.05, 0.1) is 0 Å². The molecule has 1 aliphatic carbocycles. The molecule has 0 spiro atoms. The van der Waals surface area contributed by atoms with Crippen LogP contribution in [0.2, 0.25) is 0 Å². The minimum Gasteiger partial charge on any atom is -0.508 e. The van der Waals surface area contributed by atoms with Crippen LogP contribution >= 0.6 is 0 Å². The summed E-state index contributed by atoms with van der Waals surface area (Å²) in [7, 11) is 0. The first-order chi connectivity index (χ1) is 5.68. The van der Waals surface area contributed by atoms with Crippen molar-refractivity contribution in [3.05, 3.63) is 29.3 Å². The predicted molar refractivity (Wildman–Crippen MR) is 41.1 cm³/mol. The second-order valence-electron chi connectivity index (χ2n) is 2.77. The van der Waals surface area contributed by atoms with Gasteiger partial charge in [0.25, 0.3) is 0 Å². The van der Waals surface area contributed by atoms with Gasteiger partial charge >= 0.3 is 0 Å². The Labute approximate surface area is 68.6 Å². The van der Waals surface area contributed by atoms with Crippen LogP contribution in [0, 0.1) is 0 Å². The molecule has 60 valence electrons. The lowest BCUT2D eigenvalue weighted by molar-refractivity contribution is -0.114. The summed E-state index contributed by atoms with van der Waals surface area (Å²) in [4.78, 5) is 22.0. The molecule has 1 N–H and O–H groups in total. The van der Waals surface area contributed by atoms with Crippen molar-refractivity contribution in [1.29, 1.82) is 0 Å². The van der Waals surface area contributed by atoms with Crippen molar-refractivity contribution in [2.75, 3.05) is 0 Å². The molecular formula is C9H6O3. The van der Waals surface area contributed by atoms with Crippen molar-refractivity contribution in [1.82, 2.24) is 0 Å². The van der Waals surface area contributed by atoms with Crippen LogP contribution < -0.4 is 0 Å². The maximum atomic E-state index is 11.1. The fourth-order valence-corrected chi connectivity index (χ4v) is 1.35. The van der Waals surface area contributed by atoms with Gasteiger partial charge in [-0.15, -0.1) is 0 Å². The van der Waals surface area contributed by atoms with E-state index in [-0.39, 0.29) is 12.2 Å². The monoisotopic (exact) mass is 162 g/mol. The van der Waals surface area contributed by atoms with Gasteiger partial charge in [0.15, 0.2) is 0 Å². The van der Waals surface area contributed by atoms with E-state index < -0.39 is 11.6 Å². The number of phenols is 1. The number of rotatable bonds is 0. The molecule has 0 heterocycles. The largest absolute Gasteiger partial charge is 0.508 e. The van der Waals surface area contributed by atoms with Crippen LogP contribution in [0.3, 0.4) is 0 Å². The summed E-state index contributed by atoms with van der Waals surface area (Å²) in [6.45, 7) is 0. The van der Waals surface area contributed by atoms with Gasteiger partial charge in [0.2, 0.25) is 11.6 Å². The van der Waals surface area contributed by atoms with Crippen molar-refractivity contribution in [2.24, 2.45) is 0 Å². The van der Waals surface area contributed by atoms with Crippen LogP contribution in [0.4, 0.5) is 0 Å². The molecular weight excluding hydrogens is 156 g/mol. The summed E-state index contributed by atoms with van der Waals surface area (Å²) < 4.78 is 0. The maximum Gasteiger partial charge on any atom is 0.229 e. The topological polar surface area (TPSA) is 54.4 Å². The van der Waals surface area contributed by atoms with Crippen molar-refractivity contribution in [3.63, 3.8) is 0 Å². The number of aromatic hydroxyl groups is 1. The SMILES string of the molecule is O=C1Cc2cc(O)ccc2C1=O. The van der Waals surface area contributed by atoms with E-state index in [1.165, 1.54) is 18.2 Å². The molecule has 2 rings (SSSR count). The van der Waals surface area contributed by atoms with Crippen LogP contribution in [0.1, 0.15) is 15.9 Å². The summed E-state index contributed by atoms with van der Waals surface area (Å²) >= 11 is 0. The fourth-order valence-electron chi connectivity index (χ4n) is 1.35. The molecule has 1 aromatic rings. The molecule has 3 heteroatoms. The van der Waals surface area contributed by atoms with Gasteiger partial charge in [-0.1, -0.05) is 0 Å². The minimum atomic E-state index is -0.440. The van der Waals surface area contributed by atoms with Crippen molar-refractivity contribution >= 4 is 11.6 Å². The molecule has 3 nitrogen and oxygen atoms in total. The molecule has 0 fully saturated rings. The van der Waals surface area contributed by atoms with Crippen LogP contribution in [-0.2, 0) is 11.2 Å². The highest BCUT2D eigenvalue weighted by Gasteiger charge is 2.27. The lowest BCUT2D eigenvalue weighted by Gasteiger charge is -1.95. The second kappa shape index (κ2) is 2.17. The highest BCUT2D eigenvalue weighted by atomic mass is 16.3. The normalized spacial score (nSPS) is 15.0. The molecule has 0 aromatic heterocycles. The van der Waals surface area contributed by atoms with Crippen molar-refractivity contribution < 1.29 is 14.7 Å². The summed E-state index contributed by atoms with van der Waals surface area (Å²) in [6.07, 6.45) is 0.128. The Morgan fingerprint density at radius 1 is 1.25 bits per heavy atom. The lowest BCUT2D eigenvalue weighted by atomic mass is 10.1. The number of hydrogen-bond acceptors (Lipinski definition) is 3. The summed E-state index contributed by atoms with van der Waals surface area (Å²) in [5, 5.41) is 9.05. The second-order valence-corrected chi connectivity index (χ2v) is 2.77. The molecule has 0 atom stereocenters. The highest BCUT2D eigenvalue weighted by molar-refractivity contribution is 6.47. The first-order valence-electron chi connectivity index (χ1n) is 3.58. The average Bonchev–Trinajstić information content (AvgIpc) is 2.28. The Morgan fingerprint density at radius 3 is 2.75 bits per heavy atom. The Hall–Kier alpha value is -1.64. The van der Waals surface area contributed by atoms with Gasteiger partial charge in [0.1, 0.15) is 5.75 Å². The third kappa shape index (κ3) is 0.830. The van der Waals surface area contributed by atoms with Gasteiger partial charge in [-0.25, -0.2) is 0 Å². The van der Waals surface area contributed by atoms with E-state index in [9.17, 15) is 9.59 Å². The Bertz CT molecular complexity index is 379. The first kappa shape index (κ1) is 7.03. The van der Waals surface area contributed by atoms with E-state index >= 15 is 0 Å². The molecule has 1 aliphatic rings. The van der Waals surface area contributed by atoms with E-state index in [4.69, 9.17) is 5.11 Å². The number of fused-ring (bicyclic) bond motifs is 1. The molecule has 0 bridgehead atoms. The van der Waals surface area contributed by atoms with Crippen LogP contribution in [0.25, 0.3) is 0 Å². The number of hydrogen-bond donors (Lipinski definition) is 1. The zero-order valence-corrected chi connectivity index (χ0v) is 6.20. The minimum absolute atomic E-state index is 0.0938. The third-order valence-electron chi connectivity index (χ3n) is 1.94. The number of ketones is 2. The van der Waals surface area contributed by atoms with E-state index in [0.29, 0.717) is 11.1 Å². The smallest absolute Gasteiger partial charge is 0.229 e. The molecule has 0 unspecified atom stereocenters. The van der Waals surface area contributed by atoms with Crippen LogP contribution in [0.15, 0.2) is 18.2 Å². The fraction of sp³-hybridized carbons (Fsp3) is 0.111. The third-order valence-corrected chi connectivity index (χ3v) is 1.94. The molecule has 0 amide bonds. The Kier molecular flexibility index (Phi) is 1.27. The number of carbonyl (C=O) groups excluding carboxylic acids is 2. The molecule has 0 aliphatic heterocycles. The van der Waals surface area contributed by atoms with Crippen molar-refractivity contribution in [2.45, 2.75) is 6.42 Å². The molecule has 0 saturated carbocycles. The van der Waals surface area contributed by atoms with E-state index in [0.717, 1.165) is 0 Å². The highest BCUT2D eigenvalue weighted by Crippen LogP contribution is 2.23. The summed E-state index contributed by atoms with van der Waals surface area (Å²) in [5.74, 6) is -0.739. The van der Waals surface area contributed by atoms with Gasteiger partial charge in [-0.3, -0.25) is 9.59 Å². The molecule has 0 radical (unpaired) electrons. The van der Waals surface area contributed by atoms with Crippen molar-refractivity contribution in [3.8, 4) is 5.75 Å². The van der Waals surface area contributed by atoms with E-state index in [2.05, 4.69) is 0 Å². The standard InChI is InChI=1S/C9H6O3/c10-6-1-2-7-5(3-6)4-8(11)9(7)12/h1-3,10H,4H2. The van der Waals surface area contributed by atoms with E-state index in [1.807, 2.05) is 0 Å². The van der Waals surface area contributed by atoms with Gasteiger partial charge in [-0.05, 0) is 23.8 Å². The molecule has 0 saturated heterocycles. The Balaban J connectivity index is 2.62. The van der Waals surface area contributed by atoms with Gasteiger partial charge in [-0.2, -0.15) is 0 Å². The van der Waals surface area contributed by atoms with Crippen LogP contribution in [-0.4, -0.2) is 16.7 Å². The summed E-state index contributed by atoms with van der Waals surface area (Å²) in [5.41, 5.74) is 1.06.